The first-order valence-electron chi connectivity index (χ1n) is 8.48. The van der Waals surface area contributed by atoms with Gasteiger partial charge in [-0.2, -0.15) is 0 Å². The zero-order chi connectivity index (χ0) is 21.1. The van der Waals surface area contributed by atoms with Crippen molar-refractivity contribution in [1.82, 2.24) is 0 Å². The number of sulfone groups is 1. The van der Waals surface area contributed by atoms with E-state index in [4.69, 9.17) is 0 Å². The third-order valence-corrected chi connectivity index (χ3v) is 6.31. The van der Waals surface area contributed by atoms with Crippen molar-refractivity contribution in [3.63, 3.8) is 0 Å². The third-order valence-electron chi connectivity index (χ3n) is 4.22. The van der Waals surface area contributed by atoms with Crippen molar-refractivity contribution >= 4 is 20.0 Å². The molecule has 0 aromatic heterocycles. The van der Waals surface area contributed by atoms with Gasteiger partial charge in [0, 0.05) is 6.26 Å². The zero-order valence-corrected chi connectivity index (χ0v) is 19.1. The van der Waals surface area contributed by atoms with Crippen LogP contribution in [0.5, 0.6) is 0 Å². The first kappa shape index (κ1) is 23.1. The molecule has 0 radical (unpaired) electrons. The molecule has 5 nitrogen and oxygen atoms in total. The van der Waals surface area contributed by atoms with Crippen LogP contribution in [-0.2, 0) is 36.2 Å². The van der Waals surface area contributed by atoms with Gasteiger partial charge in [0.1, 0.15) is 10.1 Å². The van der Waals surface area contributed by atoms with Crippen LogP contribution in [0.1, 0.15) is 79.0 Å². The van der Waals surface area contributed by atoms with Crippen LogP contribution in [0.4, 0.5) is 0 Å². The highest BCUT2D eigenvalue weighted by Crippen LogP contribution is 2.45. The molecule has 26 heavy (non-hydrogen) atoms. The van der Waals surface area contributed by atoms with Gasteiger partial charge in [-0.25, -0.2) is 16.8 Å². The Balaban J connectivity index is 4.57. The molecule has 0 heterocycles. The lowest BCUT2D eigenvalue weighted by Gasteiger charge is -2.36. The minimum Gasteiger partial charge on any atom is -0.744 e. The average molecular weight is 404 g/mol. The zero-order valence-electron chi connectivity index (χ0n) is 17.4. The van der Waals surface area contributed by atoms with Crippen LogP contribution in [-0.4, -0.2) is 27.6 Å². The molecular formula is C19H31O5S2-. The Labute approximate surface area is 158 Å². The fraction of sp³-hybridized carbons (Fsp3) is 0.684. The topological polar surface area (TPSA) is 91.3 Å². The molecule has 1 rings (SSSR count). The van der Waals surface area contributed by atoms with Gasteiger partial charge in [-0.05, 0) is 32.9 Å². The first-order valence-corrected chi connectivity index (χ1v) is 11.8. The van der Waals surface area contributed by atoms with E-state index in [2.05, 4.69) is 0 Å². The van der Waals surface area contributed by atoms with Crippen LogP contribution in [0.25, 0.3) is 0 Å². The van der Waals surface area contributed by atoms with E-state index in [1.165, 1.54) is 0 Å². The molecule has 1 aromatic rings. The maximum atomic E-state index is 12.7. The lowest BCUT2D eigenvalue weighted by Crippen LogP contribution is -2.30. The van der Waals surface area contributed by atoms with Gasteiger partial charge in [0.2, 0.25) is 0 Å². The maximum absolute atomic E-state index is 12.7. The van der Waals surface area contributed by atoms with E-state index in [1.807, 2.05) is 41.5 Å². The Morgan fingerprint density at radius 3 is 1.27 bits per heavy atom. The molecule has 1 aromatic carbocycles. The van der Waals surface area contributed by atoms with Gasteiger partial charge in [-0.15, -0.1) is 0 Å². The van der Waals surface area contributed by atoms with E-state index in [0.717, 1.165) is 6.26 Å². The highest BCUT2D eigenvalue weighted by Gasteiger charge is 2.38. The van der Waals surface area contributed by atoms with Crippen molar-refractivity contribution in [2.45, 2.75) is 88.3 Å². The molecule has 0 aliphatic carbocycles. The maximum Gasteiger partial charge on any atom is 0.176 e. The lowest BCUT2D eigenvalue weighted by molar-refractivity contribution is 0.444. The summed E-state index contributed by atoms with van der Waals surface area (Å²) in [5, 5.41) is 0. The van der Waals surface area contributed by atoms with E-state index >= 15 is 0 Å². The second-order valence-electron chi connectivity index (χ2n) is 9.98. The summed E-state index contributed by atoms with van der Waals surface area (Å²) in [6.45, 7) is 16.3. The molecule has 0 spiro atoms. The number of rotatable bonds is 2. The van der Waals surface area contributed by atoms with Gasteiger partial charge < -0.3 is 4.55 Å². The summed E-state index contributed by atoms with van der Waals surface area (Å²) in [6, 6.07) is 1.59. The average Bonchev–Trinajstić information content (AvgIpc) is 2.30. The van der Waals surface area contributed by atoms with Crippen molar-refractivity contribution in [2.24, 2.45) is 0 Å². The van der Waals surface area contributed by atoms with Crippen molar-refractivity contribution in [2.75, 3.05) is 6.26 Å². The summed E-state index contributed by atoms with van der Waals surface area (Å²) in [5.74, 6) is 0. The van der Waals surface area contributed by atoms with E-state index in [0.29, 0.717) is 11.1 Å². The number of hydrogen-bond acceptors (Lipinski definition) is 5. The predicted octanol–water partition coefficient (Wildman–Crippen LogP) is 3.89. The summed E-state index contributed by atoms with van der Waals surface area (Å²) >= 11 is 0. The van der Waals surface area contributed by atoms with Crippen LogP contribution < -0.4 is 0 Å². The van der Waals surface area contributed by atoms with Crippen LogP contribution in [0.2, 0.25) is 0 Å². The van der Waals surface area contributed by atoms with Gasteiger partial charge >= 0.3 is 0 Å². The van der Waals surface area contributed by atoms with Gasteiger partial charge in [0.05, 0.1) is 9.79 Å². The summed E-state index contributed by atoms with van der Waals surface area (Å²) in [5.41, 5.74) is -1.08. The Hall–Kier alpha value is -0.920. The Morgan fingerprint density at radius 1 is 0.692 bits per heavy atom. The second kappa shape index (κ2) is 6.31. The highest BCUT2D eigenvalue weighted by atomic mass is 32.2. The van der Waals surface area contributed by atoms with Gasteiger partial charge in [-0.3, -0.25) is 0 Å². The monoisotopic (exact) mass is 403 g/mol. The lowest BCUT2D eigenvalue weighted by atomic mass is 9.75. The molecule has 0 aliphatic heterocycles. The van der Waals surface area contributed by atoms with E-state index in [9.17, 15) is 21.4 Å². The molecule has 7 heteroatoms. The first-order chi connectivity index (χ1) is 11.1. The summed E-state index contributed by atoms with van der Waals surface area (Å²) in [4.78, 5) is -0.439. The van der Waals surface area contributed by atoms with Crippen molar-refractivity contribution in [3.8, 4) is 0 Å². The largest absolute Gasteiger partial charge is 0.744 e. The van der Waals surface area contributed by atoms with Gasteiger partial charge in [-0.1, -0.05) is 68.4 Å². The highest BCUT2D eigenvalue weighted by molar-refractivity contribution is 7.91. The predicted molar refractivity (Wildman–Crippen MR) is 104 cm³/mol. The smallest absolute Gasteiger partial charge is 0.176 e. The third kappa shape index (κ3) is 4.67. The van der Waals surface area contributed by atoms with Crippen molar-refractivity contribution in [3.05, 3.63) is 22.8 Å². The molecule has 0 atom stereocenters. The quantitative estimate of drug-likeness (QED) is 0.699. The second-order valence-corrected chi connectivity index (χ2v) is 13.3. The number of benzene rings is 1. The molecule has 0 aliphatic rings. The minimum absolute atomic E-state index is 0.0417. The fourth-order valence-corrected chi connectivity index (χ4v) is 5.99. The summed E-state index contributed by atoms with van der Waals surface area (Å²) < 4.78 is 62.2. The summed E-state index contributed by atoms with van der Waals surface area (Å²) in [7, 11) is -8.67. The normalized spacial score (nSPS) is 14.6. The van der Waals surface area contributed by atoms with Crippen molar-refractivity contribution < 1.29 is 21.4 Å². The Morgan fingerprint density at radius 2 is 1.04 bits per heavy atom. The van der Waals surface area contributed by atoms with E-state index in [-0.39, 0.29) is 10.5 Å². The van der Waals surface area contributed by atoms with E-state index in [1.54, 1.807) is 26.8 Å². The molecule has 0 N–H and O–H groups in total. The fourth-order valence-electron chi connectivity index (χ4n) is 3.09. The van der Waals surface area contributed by atoms with Crippen LogP contribution in [0.3, 0.4) is 0 Å². The van der Waals surface area contributed by atoms with Crippen LogP contribution in [0.15, 0.2) is 15.9 Å². The molecule has 0 saturated carbocycles. The standard InChI is InChI=1S/C19H32O5S2/c1-17(2,3)12-11-13(18(4,5)6)16(26(22,23)24)14(19(7,8)9)15(12)25(10,20)21/h11H,1-10H3,(H,22,23,24)/p-1. The summed E-state index contributed by atoms with van der Waals surface area (Å²) in [6.07, 6.45) is 1.06. The molecule has 0 saturated heterocycles. The SMILES string of the molecule is CC(C)(C)c1cc(C(C)(C)C)c(S(=O)(=O)[O-])c(C(C)(C)C)c1S(C)(=O)=O. The molecule has 0 amide bonds. The van der Waals surface area contributed by atoms with Gasteiger partial charge in [0.15, 0.2) is 9.84 Å². The van der Waals surface area contributed by atoms with Crippen LogP contribution >= 0.6 is 0 Å². The Kier molecular flexibility index (Phi) is 5.61. The van der Waals surface area contributed by atoms with E-state index < -0.39 is 41.1 Å². The molecular weight excluding hydrogens is 372 g/mol. The molecule has 0 unspecified atom stereocenters. The van der Waals surface area contributed by atoms with Gasteiger partial charge in [0.25, 0.3) is 0 Å². The molecule has 150 valence electrons. The minimum atomic E-state index is -4.89. The van der Waals surface area contributed by atoms with Crippen molar-refractivity contribution in [1.29, 1.82) is 0 Å². The van der Waals surface area contributed by atoms with Crippen LogP contribution in [0, 0.1) is 0 Å². The Bertz CT molecular complexity index is 850. The molecule has 0 bridgehead atoms. The number of hydrogen-bond donors (Lipinski definition) is 0. The molecule has 0 fully saturated rings.